The molecule has 40 heavy (non-hydrogen) atoms. The van der Waals surface area contributed by atoms with Gasteiger partial charge in [0.15, 0.2) is 11.6 Å². The van der Waals surface area contributed by atoms with Crippen molar-refractivity contribution in [1.29, 1.82) is 0 Å². The number of nitrogens with zero attached hydrogens (tertiary/aromatic N) is 3. The molecule has 0 spiro atoms. The lowest BCUT2D eigenvalue weighted by molar-refractivity contribution is 0.0322. The van der Waals surface area contributed by atoms with Crippen LogP contribution in [0.4, 0.5) is 21.7 Å². The summed E-state index contributed by atoms with van der Waals surface area (Å²) in [5.41, 5.74) is 14.1. The van der Waals surface area contributed by atoms with Crippen molar-refractivity contribution in [1.82, 2.24) is 14.9 Å². The molecule has 2 atom stereocenters. The quantitative estimate of drug-likeness (QED) is 0.299. The van der Waals surface area contributed by atoms with E-state index >= 15 is 0 Å². The number of morpholine rings is 1. The summed E-state index contributed by atoms with van der Waals surface area (Å²) in [6, 6.07) is 10.6. The van der Waals surface area contributed by atoms with E-state index in [1.165, 1.54) is 0 Å². The molecule has 3 heterocycles. The van der Waals surface area contributed by atoms with Crippen LogP contribution in [0.1, 0.15) is 36.0 Å². The van der Waals surface area contributed by atoms with Crippen molar-refractivity contribution in [3.8, 4) is 16.9 Å². The summed E-state index contributed by atoms with van der Waals surface area (Å²) in [7, 11) is 0. The van der Waals surface area contributed by atoms with Crippen molar-refractivity contribution in [3.63, 3.8) is 0 Å². The topological polar surface area (TPSA) is 141 Å². The van der Waals surface area contributed by atoms with E-state index in [0.717, 1.165) is 81.5 Å². The van der Waals surface area contributed by atoms with Crippen LogP contribution in [0.25, 0.3) is 11.1 Å². The Morgan fingerprint density at radius 2 is 1.85 bits per heavy atom. The summed E-state index contributed by atoms with van der Waals surface area (Å²) < 4.78 is 26.2. The average molecular weight is 550 g/mol. The van der Waals surface area contributed by atoms with Gasteiger partial charge in [0.1, 0.15) is 18.2 Å². The number of hydrogen-bond acceptors (Lipinski definition) is 9. The fourth-order valence-electron chi connectivity index (χ4n) is 5.05. The molecular weight excluding hydrogens is 513 g/mol. The summed E-state index contributed by atoms with van der Waals surface area (Å²) in [5, 5.41) is 6.23. The molecule has 1 saturated heterocycles. The summed E-state index contributed by atoms with van der Waals surface area (Å²) in [4.78, 5) is 23.2. The maximum absolute atomic E-state index is 14.9. The lowest BCUT2D eigenvalue weighted by Crippen LogP contribution is -2.43. The second-order valence-electron chi connectivity index (χ2n) is 10.2. The summed E-state index contributed by atoms with van der Waals surface area (Å²) in [6.07, 6.45) is 7.10. The molecule has 1 aromatic carbocycles. The Balaban J connectivity index is 1.28. The molecule has 1 saturated carbocycles. The summed E-state index contributed by atoms with van der Waals surface area (Å²) >= 11 is 0. The van der Waals surface area contributed by atoms with Gasteiger partial charge < -0.3 is 31.6 Å². The molecule has 0 bridgehead atoms. The zero-order valence-corrected chi connectivity index (χ0v) is 22.4. The van der Waals surface area contributed by atoms with Crippen molar-refractivity contribution in [2.24, 2.45) is 11.5 Å². The molecule has 11 heteroatoms. The van der Waals surface area contributed by atoms with E-state index in [9.17, 15) is 9.18 Å². The predicted octanol–water partition coefficient (Wildman–Crippen LogP) is 3.52. The van der Waals surface area contributed by atoms with E-state index in [-0.39, 0.29) is 29.3 Å². The van der Waals surface area contributed by atoms with E-state index in [1.807, 2.05) is 30.3 Å². The number of ether oxygens (including phenoxy) is 2. The molecule has 212 valence electrons. The molecule has 10 nitrogen and oxygen atoms in total. The van der Waals surface area contributed by atoms with E-state index in [1.54, 1.807) is 12.4 Å². The van der Waals surface area contributed by atoms with Crippen LogP contribution in [-0.2, 0) is 4.74 Å². The Kier molecular flexibility index (Phi) is 9.04. The maximum Gasteiger partial charge on any atom is 0.252 e. The first-order valence-electron chi connectivity index (χ1n) is 13.7. The fraction of sp³-hybridized carbons (Fsp3) is 0.414. The SMILES string of the molecule is NC(=O)c1cc(F)c(NC2CCCCC2N)nc1Nc1cncc(-c2ccc(OCCN3CCOCC3)cc2)c1. The number of amides is 1. The highest BCUT2D eigenvalue weighted by atomic mass is 19.1. The number of aromatic nitrogens is 2. The number of hydrogen-bond donors (Lipinski definition) is 4. The number of anilines is 3. The van der Waals surface area contributed by atoms with E-state index in [4.69, 9.17) is 20.9 Å². The van der Waals surface area contributed by atoms with Crippen molar-refractivity contribution >= 4 is 23.2 Å². The Hall–Kier alpha value is -3.80. The van der Waals surface area contributed by atoms with Gasteiger partial charge in [-0.1, -0.05) is 25.0 Å². The summed E-state index contributed by atoms with van der Waals surface area (Å²) in [6.45, 7) is 4.87. The first-order chi connectivity index (χ1) is 19.5. The Bertz CT molecular complexity index is 1300. The maximum atomic E-state index is 14.9. The molecule has 3 aromatic rings. The molecule has 2 aliphatic rings. The van der Waals surface area contributed by atoms with Crippen molar-refractivity contribution in [2.75, 3.05) is 50.1 Å². The second-order valence-corrected chi connectivity index (χ2v) is 10.2. The molecule has 2 fully saturated rings. The van der Waals surface area contributed by atoms with Gasteiger partial charge in [-0.25, -0.2) is 9.37 Å². The Morgan fingerprint density at radius 3 is 2.60 bits per heavy atom. The monoisotopic (exact) mass is 549 g/mol. The molecule has 1 amide bonds. The summed E-state index contributed by atoms with van der Waals surface area (Å²) in [5.74, 6) is -0.482. The van der Waals surface area contributed by atoms with Gasteiger partial charge in [-0.2, -0.15) is 0 Å². The average Bonchev–Trinajstić information content (AvgIpc) is 2.97. The van der Waals surface area contributed by atoms with Crippen molar-refractivity contribution in [2.45, 2.75) is 37.8 Å². The van der Waals surface area contributed by atoms with Crippen LogP contribution in [-0.4, -0.2) is 72.3 Å². The van der Waals surface area contributed by atoms with E-state index in [0.29, 0.717) is 12.3 Å². The van der Waals surface area contributed by atoms with Gasteiger partial charge in [0, 0.05) is 43.5 Å². The first-order valence-corrected chi connectivity index (χ1v) is 13.7. The molecule has 5 rings (SSSR count). The van der Waals surface area contributed by atoms with Gasteiger partial charge in [0.05, 0.1) is 30.7 Å². The smallest absolute Gasteiger partial charge is 0.252 e. The zero-order valence-electron chi connectivity index (χ0n) is 22.4. The van der Waals surface area contributed by atoms with Crippen molar-refractivity contribution < 1.29 is 18.7 Å². The molecule has 2 unspecified atom stereocenters. The number of benzene rings is 1. The van der Waals surface area contributed by atoms with Crippen LogP contribution in [0.2, 0.25) is 0 Å². The van der Waals surface area contributed by atoms with Gasteiger partial charge in [-0.05, 0) is 42.7 Å². The van der Waals surface area contributed by atoms with Crippen LogP contribution in [0.3, 0.4) is 0 Å². The third kappa shape index (κ3) is 7.04. The fourth-order valence-corrected chi connectivity index (χ4v) is 5.05. The van der Waals surface area contributed by atoms with Gasteiger partial charge in [-0.3, -0.25) is 14.7 Å². The standard InChI is InChI=1S/C29H36FN7O3/c30-24-16-23(27(32)38)28(36-29(24)35-26-4-2-1-3-25(26)31)34-21-15-20(17-33-18-21)19-5-7-22(8-6-19)40-14-11-37-9-12-39-13-10-37/h5-8,15-18,25-26H,1-4,9-14,31H2,(H2,32,38)(H2,34,35,36). The number of nitrogens with two attached hydrogens (primary N) is 2. The van der Waals surface area contributed by atoms with Crippen LogP contribution < -0.4 is 26.8 Å². The van der Waals surface area contributed by atoms with Gasteiger partial charge in [0.2, 0.25) is 0 Å². The van der Waals surface area contributed by atoms with Crippen LogP contribution in [0.5, 0.6) is 5.75 Å². The minimum atomic E-state index is -0.789. The van der Waals surface area contributed by atoms with E-state index in [2.05, 4.69) is 25.5 Å². The van der Waals surface area contributed by atoms with Crippen LogP contribution >= 0.6 is 0 Å². The molecule has 1 aliphatic carbocycles. The highest BCUT2D eigenvalue weighted by Crippen LogP contribution is 2.29. The highest BCUT2D eigenvalue weighted by Gasteiger charge is 2.24. The second kappa shape index (κ2) is 13.0. The third-order valence-corrected chi connectivity index (χ3v) is 7.35. The molecular formula is C29H36FN7O3. The third-order valence-electron chi connectivity index (χ3n) is 7.35. The number of nitrogens with one attached hydrogen (secondary N) is 2. The molecule has 2 aromatic heterocycles. The highest BCUT2D eigenvalue weighted by molar-refractivity contribution is 5.98. The van der Waals surface area contributed by atoms with Gasteiger partial charge in [-0.15, -0.1) is 0 Å². The molecule has 6 N–H and O–H groups in total. The number of pyridine rings is 2. The molecule has 0 radical (unpaired) electrons. The van der Waals surface area contributed by atoms with E-state index < -0.39 is 11.7 Å². The van der Waals surface area contributed by atoms with Gasteiger partial charge >= 0.3 is 0 Å². The van der Waals surface area contributed by atoms with Crippen LogP contribution in [0, 0.1) is 5.82 Å². The first kappa shape index (κ1) is 27.8. The Morgan fingerprint density at radius 1 is 1.07 bits per heavy atom. The molecule has 1 aliphatic heterocycles. The lowest BCUT2D eigenvalue weighted by atomic mass is 9.91. The largest absolute Gasteiger partial charge is 0.492 e. The normalized spacial score (nSPS) is 19.6. The number of carbonyl (C=O) groups is 1. The Labute approximate surface area is 233 Å². The number of rotatable bonds is 10. The van der Waals surface area contributed by atoms with Gasteiger partial charge in [0.25, 0.3) is 5.91 Å². The van der Waals surface area contributed by atoms with Crippen LogP contribution in [0.15, 0.2) is 48.8 Å². The zero-order chi connectivity index (χ0) is 27.9. The minimum absolute atomic E-state index is 0.0307. The number of primary amides is 1. The predicted molar refractivity (Wildman–Crippen MR) is 152 cm³/mol. The number of halogens is 1. The number of carbonyl (C=O) groups excluding carboxylic acids is 1. The minimum Gasteiger partial charge on any atom is -0.492 e. The van der Waals surface area contributed by atoms with Crippen molar-refractivity contribution in [3.05, 3.63) is 60.2 Å². The lowest BCUT2D eigenvalue weighted by Gasteiger charge is -2.30.